The Morgan fingerprint density at radius 1 is 0.750 bits per heavy atom. The van der Waals surface area contributed by atoms with E-state index in [0.717, 1.165) is 6.04 Å². The molecule has 1 aliphatic heterocycles. The third kappa shape index (κ3) is 5.34. The van der Waals surface area contributed by atoms with E-state index >= 15 is 0 Å². The zero-order valence-corrected chi connectivity index (χ0v) is 11.5. The van der Waals surface area contributed by atoms with Gasteiger partial charge in [0.1, 0.15) is 0 Å². The summed E-state index contributed by atoms with van der Waals surface area (Å²) >= 11 is 0. The highest BCUT2D eigenvalue weighted by molar-refractivity contribution is 4.76. The number of piperidine rings is 1. The van der Waals surface area contributed by atoms with Gasteiger partial charge in [-0.2, -0.15) is 0 Å². The van der Waals surface area contributed by atoms with Gasteiger partial charge in [-0.1, -0.05) is 52.4 Å². The minimum absolute atomic E-state index is 0.961. The van der Waals surface area contributed by atoms with E-state index in [2.05, 4.69) is 18.7 Å². The smallest absolute Gasteiger partial charge is 0.00952 e. The Balaban J connectivity index is 0.000000386. The molecule has 0 amide bonds. The average Bonchev–Trinajstić information content (AvgIpc) is 2.60. The van der Waals surface area contributed by atoms with E-state index in [4.69, 9.17) is 0 Å². The van der Waals surface area contributed by atoms with Gasteiger partial charge < -0.3 is 4.90 Å². The summed E-state index contributed by atoms with van der Waals surface area (Å²) in [6, 6.07) is 0.961. The zero-order valence-electron chi connectivity index (χ0n) is 11.5. The fraction of sp³-hybridized carbons (Fsp3) is 1.00. The molecule has 1 heteroatoms. The van der Waals surface area contributed by atoms with E-state index in [0.29, 0.717) is 0 Å². The van der Waals surface area contributed by atoms with Crippen LogP contribution < -0.4 is 0 Å². The molecule has 96 valence electrons. The summed E-state index contributed by atoms with van der Waals surface area (Å²) < 4.78 is 0. The fourth-order valence-electron chi connectivity index (χ4n) is 2.91. The number of nitrogens with zero attached hydrogens (tertiary/aromatic N) is 1. The number of hydrogen-bond donors (Lipinski definition) is 0. The normalized spacial score (nSPS) is 24.4. The second-order valence-electron chi connectivity index (χ2n) is 5.45. The first-order valence-electron chi connectivity index (χ1n) is 7.62. The molecule has 1 aliphatic carbocycles. The van der Waals surface area contributed by atoms with Crippen LogP contribution in [0.25, 0.3) is 0 Å². The second-order valence-corrected chi connectivity index (χ2v) is 5.45. The lowest BCUT2D eigenvalue weighted by Crippen LogP contribution is -2.38. The van der Waals surface area contributed by atoms with Crippen molar-refractivity contribution in [2.75, 3.05) is 13.1 Å². The Kier molecular flexibility index (Phi) is 7.92. The van der Waals surface area contributed by atoms with Crippen LogP contribution in [-0.2, 0) is 0 Å². The summed E-state index contributed by atoms with van der Waals surface area (Å²) in [6.45, 7) is 7.04. The Morgan fingerprint density at radius 2 is 1.19 bits per heavy atom. The summed E-state index contributed by atoms with van der Waals surface area (Å²) in [5.74, 6) is 0. The summed E-state index contributed by atoms with van der Waals surface area (Å²) in [5, 5.41) is 0. The van der Waals surface area contributed by atoms with E-state index in [1.165, 1.54) is 77.3 Å². The molecule has 0 radical (unpaired) electrons. The molecule has 1 nitrogen and oxygen atoms in total. The van der Waals surface area contributed by atoms with Crippen molar-refractivity contribution in [2.45, 2.75) is 84.1 Å². The van der Waals surface area contributed by atoms with E-state index in [1.807, 2.05) is 0 Å². The molecule has 0 aromatic rings. The molecular weight excluding hydrogens is 194 g/mol. The van der Waals surface area contributed by atoms with Gasteiger partial charge in [0.15, 0.2) is 0 Å². The van der Waals surface area contributed by atoms with Crippen molar-refractivity contribution in [3.8, 4) is 0 Å². The largest absolute Gasteiger partial charge is 0.300 e. The Hall–Kier alpha value is -0.0400. The summed E-state index contributed by atoms with van der Waals surface area (Å²) in [4.78, 5) is 2.77. The first-order chi connectivity index (χ1) is 7.88. The summed E-state index contributed by atoms with van der Waals surface area (Å²) in [5.41, 5.74) is 0. The van der Waals surface area contributed by atoms with Gasteiger partial charge in [-0.15, -0.1) is 0 Å². The molecule has 2 fully saturated rings. The van der Waals surface area contributed by atoms with Gasteiger partial charge in [0.05, 0.1) is 0 Å². The topological polar surface area (TPSA) is 3.24 Å². The average molecular weight is 225 g/mol. The van der Waals surface area contributed by atoms with Crippen LogP contribution in [-0.4, -0.2) is 24.0 Å². The van der Waals surface area contributed by atoms with Gasteiger partial charge in [-0.3, -0.25) is 0 Å². The molecule has 0 bridgehead atoms. The number of likely N-dealkylation sites (tertiary alicyclic amines) is 1. The molecule has 0 aromatic heterocycles. The van der Waals surface area contributed by atoms with Crippen molar-refractivity contribution in [3.05, 3.63) is 0 Å². The molecule has 1 saturated carbocycles. The predicted octanol–water partition coefficient (Wildman–Crippen LogP) is 4.61. The molecule has 0 spiro atoms. The molecule has 1 heterocycles. The fourth-order valence-corrected chi connectivity index (χ4v) is 2.91. The number of rotatable bonds is 1. The quantitative estimate of drug-likeness (QED) is 0.589. The van der Waals surface area contributed by atoms with Crippen molar-refractivity contribution in [2.24, 2.45) is 0 Å². The maximum absolute atomic E-state index is 2.77. The Bertz CT molecular complexity index is 142. The molecule has 0 atom stereocenters. The lowest BCUT2D eigenvalue weighted by Gasteiger charge is -2.34. The monoisotopic (exact) mass is 225 g/mol. The van der Waals surface area contributed by atoms with Crippen LogP contribution >= 0.6 is 0 Å². The van der Waals surface area contributed by atoms with Gasteiger partial charge in [0.2, 0.25) is 0 Å². The number of hydrogen-bond acceptors (Lipinski definition) is 1. The van der Waals surface area contributed by atoms with Gasteiger partial charge in [-0.25, -0.2) is 0 Å². The van der Waals surface area contributed by atoms with Crippen LogP contribution in [0.2, 0.25) is 0 Å². The van der Waals surface area contributed by atoms with E-state index < -0.39 is 0 Å². The maximum Gasteiger partial charge on any atom is 0.00952 e. The van der Waals surface area contributed by atoms with Crippen LogP contribution in [0.4, 0.5) is 0 Å². The second kappa shape index (κ2) is 9.04. The SMILES string of the molecule is C1CCCC(N2CCCCC2)CC1.CCC. The molecule has 0 unspecified atom stereocenters. The van der Waals surface area contributed by atoms with Gasteiger partial charge in [0.25, 0.3) is 0 Å². The third-order valence-electron chi connectivity index (χ3n) is 3.73. The molecule has 0 N–H and O–H groups in total. The van der Waals surface area contributed by atoms with Crippen LogP contribution in [0.1, 0.15) is 78.1 Å². The zero-order chi connectivity index (χ0) is 11.6. The highest BCUT2D eigenvalue weighted by Gasteiger charge is 2.20. The van der Waals surface area contributed by atoms with Crippen molar-refractivity contribution >= 4 is 0 Å². The third-order valence-corrected chi connectivity index (χ3v) is 3.73. The predicted molar refractivity (Wildman–Crippen MR) is 72.9 cm³/mol. The van der Waals surface area contributed by atoms with Gasteiger partial charge >= 0.3 is 0 Å². The maximum atomic E-state index is 2.77. The van der Waals surface area contributed by atoms with Gasteiger partial charge in [0, 0.05) is 6.04 Å². The minimum atomic E-state index is 0.961. The molecule has 16 heavy (non-hydrogen) atoms. The highest BCUT2D eigenvalue weighted by Crippen LogP contribution is 2.24. The molecular formula is C15H31N. The molecule has 2 rings (SSSR count). The molecule has 1 saturated heterocycles. The lowest BCUT2D eigenvalue weighted by atomic mass is 10.0. The van der Waals surface area contributed by atoms with Crippen LogP contribution in [0.15, 0.2) is 0 Å². The Morgan fingerprint density at radius 3 is 1.69 bits per heavy atom. The van der Waals surface area contributed by atoms with Crippen LogP contribution in [0, 0.1) is 0 Å². The van der Waals surface area contributed by atoms with Crippen LogP contribution in [0.5, 0.6) is 0 Å². The summed E-state index contributed by atoms with van der Waals surface area (Å²) in [7, 11) is 0. The van der Waals surface area contributed by atoms with E-state index in [1.54, 1.807) is 0 Å². The van der Waals surface area contributed by atoms with E-state index in [-0.39, 0.29) is 0 Å². The standard InChI is InChI=1S/C12H23N.C3H8/c1-2-5-9-12(8-4-1)13-10-6-3-7-11-13;1-3-2/h12H,1-11H2;3H2,1-2H3. The lowest BCUT2D eigenvalue weighted by molar-refractivity contribution is 0.149. The first kappa shape index (κ1) is 14.0. The minimum Gasteiger partial charge on any atom is -0.300 e. The van der Waals surface area contributed by atoms with Crippen molar-refractivity contribution < 1.29 is 0 Å². The van der Waals surface area contributed by atoms with Crippen LogP contribution in [0.3, 0.4) is 0 Å². The van der Waals surface area contributed by atoms with E-state index in [9.17, 15) is 0 Å². The van der Waals surface area contributed by atoms with Crippen molar-refractivity contribution in [3.63, 3.8) is 0 Å². The first-order valence-corrected chi connectivity index (χ1v) is 7.62. The van der Waals surface area contributed by atoms with Crippen molar-refractivity contribution in [1.29, 1.82) is 0 Å². The summed E-state index contributed by atoms with van der Waals surface area (Å²) in [6.07, 6.45) is 14.6. The Labute approximate surface area is 103 Å². The van der Waals surface area contributed by atoms with Gasteiger partial charge in [-0.05, 0) is 38.8 Å². The highest BCUT2D eigenvalue weighted by atomic mass is 15.2. The molecule has 0 aromatic carbocycles. The van der Waals surface area contributed by atoms with Crippen molar-refractivity contribution in [1.82, 2.24) is 4.90 Å². The molecule has 2 aliphatic rings.